The number of Topliss-reactive ketones (excluding diaryl/α,β-unsaturated/α-hetero) is 1. The molecule has 1 heterocycles. The minimum absolute atomic E-state index is 0.216. The van der Waals surface area contributed by atoms with Crippen LogP contribution in [0.4, 0.5) is 0 Å². The second-order valence-electron chi connectivity index (χ2n) is 4.49. The molecule has 0 aliphatic carbocycles. The minimum Gasteiger partial charge on any atom is -0.306 e. The van der Waals surface area contributed by atoms with Crippen molar-refractivity contribution in [2.75, 3.05) is 20.1 Å². The summed E-state index contributed by atoms with van der Waals surface area (Å²) < 4.78 is 0. The van der Waals surface area contributed by atoms with Crippen LogP contribution in [0.1, 0.15) is 33.1 Å². The summed E-state index contributed by atoms with van der Waals surface area (Å²) in [5.41, 5.74) is 0. The quantitative estimate of drug-likeness (QED) is 0.652. The van der Waals surface area contributed by atoms with Gasteiger partial charge in [0.25, 0.3) is 0 Å². The SMILES string of the molecule is CC(C)C(=O)C1CCCN(C)CC1. The Morgan fingerprint density at radius 3 is 2.62 bits per heavy atom. The van der Waals surface area contributed by atoms with E-state index in [2.05, 4.69) is 11.9 Å². The molecular weight excluding hydrogens is 162 g/mol. The van der Waals surface area contributed by atoms with Crippen molar-refractivity contribution in [3.63, 3.8) is 0 Å². The molecule has 0 N–H and O–H groups in total. The molecule has 0 radical (unpaired) electrons. The molecule has 1 saturated heterocycles. The molecule has 2 heteroatoms. The summed E-state index contributed by atoms with van der Waals surface area (Å²) in [6, 6.07) is 0. The lowest BCUT2D eigenvalue weighted by Crippen LogP contribution is -2.22. The largest absolute Gasteiger partial charge is 0.306 e. The van der Waals surface area contributed by atoms with Crippen LogP contribution in [-0.2, 0) is 4.79 Å². The van der Waals surface area contributed by atoms with E-state index < -0.39 is 0 Å². The van der Waals surface area contributed by atoms with E-state index in [1.165, 1.54) is 6.42 Å². The number of likely N-dealkylation sites (tertiary alicyclic amines) is 1. The van der Waals surface area contributed by atoms with Crippen molar-refractivity contribution >= 4 is 5.78 Å². The van der Waals surface area contributed by atoms with Crippen molar-refractivity contribution in [1.29, 1.82) is 0 Å². The first kappa shape index (κ1) is 10.7. The maximum atomic E-state index is 11.7. The number of rotatable bonds is 2. The standard InChI is InChI=1S/C11H21NO/c1-9(2)11(13)10-5-4-7-12(3)8-6-10/h9-10H,4-8H2,1-3H3. The Labute approximate surface area is 81.3 Å². The molecule has 0 bridgehead atoms. The molecule has 0 aromatic rings. The summed E-state index contributed by atoms with van der Waals surface area (Å²) in [6.07, 6.45) is 3.34. The number of hydrogen-bond donors (Lipinski definition) is 0. The second-order valence-corrected chi connectivity index (χ2v) is 4.49. The van der Waals surface area contributed by atoms with Gasteiger partial charge in [-0.3, -0.25) is 4.79 Å². The predicted molar refractivity (Wildman–Crippen MR) is 54.7 cm³/mol. The smallest absolute Gasteiger partial charge is 0.138 e. The van der Waals surface area contributed by atoms with Gasteiger partial charge in [0.05, 0.1) is 0 Å². The molecule has 1 rings (SSSR count). The van der Waals surface area contributed by atoms with Crippen LogP contribution in [0, 0.1) is 11.8 Å². The van der Waals surface area contributed by atoms with Crippen LogP contribution in [0.25, 0.3) is 0 Å². The van der Waals surface area contributed by atoms with Gasteiger partial charge >= 0.3 is 0 Å². The van der Waals surface area contributed by atoms with E-state index >= 15 is 0 Å². The number of nitrogens with zero attached hydrogens (tertiary/aromatic N) is 1. The summed E-state index contributed by atoms with van der Waals surface area (Å²) in [7, 11) is 2.14. The number of ketones is 1. The van der Waals surface area contributed by atoms with Crippen molar-refractivity contribution in [3.05, 3.63) is 0 Å². The molecule has 0 aromatic heterocycles. The van der Waals surface area contributed by atoms with Gasteiger partial charge in [0.1, 0.15) is 5.78 Å². The molecule has 1 aliphatic heterocycles. The average Bonchev–Trinajstić information content (AvgIpc) is 2.28. The van der Waals surface area contributed by atoms with Crippen LogP contribution in [0.5, 0.6) is 0 Å². The molecule has 0 aromatic carbocycles. The molecule has 0 saturated carbocycles. The third kappa shape index (κ3) is 3.11. The highest BCUT2D eigenvalue weighted by atomic mass is 16.1. The van der Waals surface area contributed by atoms with Gasteiger partial charge in [-0.1, -0.05) is 13.8 Å². The molecule has 76 valence electrons. The maximum absolute atomic E-state index is 11.7. The molecule has 0 amide bonds. The van der Waals surface area contributed by atoms with E-state index in [1.54, 1.807) is 0 Å². The summed E-state index contributed by atoms with van der Waals surface area (Å²) in [5.74, 6) is 1.02. The molecule has 13 heavy (non-hydrogen) atoms. The number of carbonyl (C=O) groups excluding carboxylic acids is 1. The van der Waals surface area contributed by atoms with Crippen molar-refractivity contribution < 1.29 is 4.79 Å². The van der Waals surface area contributed by atoms with Crippen LogP contribution >= 0.6 is 0 Å². The highest BCUT2D eigenvalue weighted by Crippen LogP contribution is 2.20. The van der Waals surface area contributed by atoms with Crippen LogP contribution in [0.2, 0.25) is 0 Å². The summed E-state index contributed by atoms with van der Waals surface area (Å²) in [6.45, 7) is 6.26. The molecule has 1 unspecified atom stereocenters. The fourth-order valence-electron chi connectivity index (χ4n) is 2.00. The summed E-state index contributed by atoms with van der Waals surface area (Å²) >= 11 is 0. The zero-order valence-corrected chi connectivity index (χ0v) is 9.05. The van der Waals surface area contributed by atoms with Crippen molar-refractivity contribution in [2.24, 2.45) is 11.8 Å². The van der Waals surface area contributed by atoms with Crippen molar-refractivity contribution in [3.8, 4) is 0 Å². The van der Waals surface area contributed by atoms with E-state index in [0.29, 0.717) is 11.7 Å². The Morgan fingerprint density at radius 1 is 1.31 bits per heavy atom. The van der Waals surface area contributed by atoms with E-state index in [0.717, 1.165) is 25.9 Å². The molecule has 1 aliphatic rings. The number of hydrogen-bond acceptors (Lipinski definition) is 2. The van der Waals surface area contributed by atoms with Gasteiger partial charge in [-0.2, -0.15) is 0 Å². The molecule has 1 fully saturated rings. The third-order valence-electron chi connectivity index (χ3n) is 2.92. The van der Waals surface area contributed by atoms with Gasteiger partial charge < -0.3 is 4.90 Å². The molecular formula is C11H21NO. The summed E-state index contributed by atoms with van der Waals surface area (Å²) in [4.78, 5) is 14.1. The van der Waals surface area contributed by atoms with Gasteiger partial charge in [-0.25, -0.2) is 0 Å². The van der Waals surface area contributed by atoms with E-state index in [-0.39, 0.29) is 5.92 Å². The molecule has 2 nitrogen and oxygen atoms in total. The van der Waals surface area contributed by atoms with Crippen molar-refractivity contribution in [2.45, 2.75) is 33.1 Å². The lowest BCUT2D eigenvalue weighted by Gasteiger charge is -2.15. The first-order valence-electron chi connectivity index (χ1n) is 5.33. The van der Waals surface area contributed by atoms with Crippen LogP contribution in [-0.4, -0.2) is 30.8 Å². The fraction of sp³-hybridized carbons (Fsp3) is 0.909. The lowest BCUT2D eigenvalue weighted by atomic mass is 9.89. The van der Waals surface area contributed by atoms with Gasteiger partial charge in [0.15, 0.2) is 0 Å². The maximum Gasteiger partial charge on any atom is 0.138 e. The van der Waals surface area contributed by atoms with Crippen molar-refractivity contribution in [1.82, 2.24) is 4.90 Å². The van der Waals surface area contributed by atoms with Gasteiger partial charge in [0, 0.05) is 11.8 Å². The second kappa shape index (κ2) is 4.75. The van der Waals surface area contributed by atoms with E-state index in [4.69, 9.17) is 0 Å². The van der Waals surface area contributed by atoms with Gasteiger partial charge in [-0.05, 0) is 39.4 Å². The lowest BCUT2D eigenvalue weighted by molar-refractivity contribution is -0.126. The van der Waals surface area contributed by atoms with Crippen LogP contribution in [0.15, 0.2) is 0 Å². The van der Waals surface area contributed by atoms with E-state index in [9.17, 15) is 4.79 Å². The predicted octanol–water partition coefficient (Wildman–Crippen LogP) is 1.94. The third-order valence-corrected chi connectivity index (χ3v) is 2.92. The molecule has 0 spiro atoms. The highest BCUT2D eigenvalue weighted by molar-refractivity contribution is 5.82. The first-order chi connectivity index (χ1) is 6.11. The monoisotopic (exact) mass is 183 g/mol. The minimum atomic E-state index is 0.216. The van der Waals surface area contributed by atoms with Crippen LogP contribution < -0.4 is 0 Å². The summed E-state index contributed by atoms with van der Waals surface area (Å²) in [5, 5.41) is 0. The van der Waals surface area contributed by atoms with Crippen LogP contribution in [0.3, 0.4) is 0 Å². The normalized spacial score (nSPS) is 26.0. The Hall–Kier alpha value is -0.370. The zero-order chi connectivity index (χ0) is 9.84. The van der Waals surface area contributed by atoms with E-state index in [1.807, 2.05) is 13.8 Å². The highest BCUT2D eigenvalue weighted by Gasteiger charge is 2.23. The van der Waals surface area contributed by atoms with Gasteiger partial charge in [-0.15, -0.1) is 0 Å². The molecule has 1 atom stereocenters. The first-order valence-corrected chi connectivity index (χ1v) is 5.33. The van der Waals surface area contributed by atoms with Gasteiger partial charge in [0.2, 0.25) is 0 Å². The Morgan fingerprint density at radius 2 is 2.00 bits per heavy atom. The number of carbonyl (C=O) groups is 1. The zero-order valence-electron chi connectivity index (χ0n) is 9.05. The topological polar surface area (TPSA) is 20.3 Å². The Kier molecular flexibility index (Phi) is 3.91. The Bertz CT molecular complexity index is 177. The fourth-order valence-corrected chi connectivity index (χ4v) is 2.00. The Balaban J connectivity index is 2.46. The average molecular weight is 183 g/mol.